The summed E-state index contributed by atoms with van der Waals surface area (Å²) in [6, 6.07) is 14.0. The minimum Gasteiger partial charge on any atom is -0.481 e. The van der Waals surface area contributed by atoms with E-state index in [9.17, 15) is 20.0 Å². The third kappa shape index (κ3) is 4.19. The number of carbonyl (C=O) groups is 2. The van der Waals surface area contributed by atoms with Gasteiger partial charge < -0.3 is 14.4 Å². The van der Waals surface area contributed by atoms with E-state index in [2.05, 4.69) is 10.6 Å². The molecule has 2 heterocycles. The van der Waals surface area contributed by atoms with Gasteiger partial charge in [0.15, 0.2) is 0 Å². The van der Waals surface area contributed by atoms with E-state index < -0.39 is 5.97 Å². The molecule has 1 amide bonds. The van der Waals surface area contributed by atoms with Crippen molar-refractivity contribution >= 4 is 28.8 Å². The Labute approximate surface area is 210 Å². The fourth-order valence-electron chi connectivity index (χ4n) is 5.87. The molecule has 2 aliphatic rings. The van der Waals surface area contributed by atoms with Crippen LogP contribution in [-0.4, -0.2) is 39.9 Å². The molecule has 1 fully saturated rings. The number of benzene rings is 2. The Morgan fingerprint density at radius 3 is 2.64 bits per heavy atom. The van der Waals surface area contributed by atoms with Gasteiger partial charge in [0.25, 0.3) is 0 Å². The maximum atomic E-state index is 12.6. The highest BCUT2D eigenvalue weighted by molar-refractivity contribution is 5.95. The molecule has 1 aliphatic heterocycles. The number of rotatable bonds is 4. The number of imidazole rings is 1. The van der Waals surface area contributed by atoms with Crippen molar-refractivity contribution in [1.82, 2.24) is 9.55 Å². The minimum atomic E-state index is -0.719. The molecule has 2 aromatic carbocycles. The predicted octanol–water partition coefficient (Wildman–Crippen LogP) is 5.22. The summed E-state index contributed by atoms with van der Waals surface area (Å²) < 4.78 is 7.36. The number of nitriles is 1. The summed E-state index contributed by atoms with van der Waals surface area (Å²) in [6.07, 6.45) is 4.65. The first-order valence-electron chi connectivity index (χ1n) is 12.5. The Morgan fingerprint density at radius 1 is 1.17 bits per heavy atom. The minimum absolute atomic E-state index is 0.0315. The Hall–Kier alpha value is -3.86. The van der Waals surface area contributed by atoms with Crippen molar-refractivity contribution in [1.29, 1.82) is 5.26 Å². The summed E-state index contributed by atoms with van der Waals surface area (Å²) in [5.41, 5.74) is 5.39. The maximum Gasteiger partial charge on any atom is 0.414 e. The summed E-state index contributed by atoms with van der Waals surface area (Å²) in [5, 5.41) is 18.8. The van der Waals surface area contributed by atoms with Crippen LogP contribution in [0, 0.1) is 17.2 Å². The molecule has 1 atom stereocenters. The highest BCUT2D eigenvalue weighted by Crippen LogP contribution is 2.40. The Kier molecular flexibility index (Phi) is 6.40. The molecule has 5 rings (SSSR count). The largest absolute Gasteiger partial charge is 0.481 e. The smallest absolute Gasteiger partial charge is 0.414 e. The molecule has 0 spiro atoms. The third-order valence-corrected chi connectivity index (χ3v) is 7.73. The molecule has 1 N–H and O–H groups in total. The molecule has 3 aromatic rings. The molecular weight excluding hydrogens is 456 g/mol. The molecule has 8 heteroatoms. The molecule has 1 saturated carbocycles. The Morgan fingerprint density at radius 2 is 1.94 bits per heavy atom. The van der Waals surface area contributed by atoms with E-state index in [4.69, 9.17) is 9.72 Å². The van der Waals surface area contributed by atoms with Crippen LogP contribution < -0.4 is 4.90 Å². The van der Waals surface area contributed by atoms with Crippen molar-refractivity contribution < 1.29 is 19.4 Å². The first kappa shape index (κ1) is 23.9. The number of carboxylic acids is 1. The number of carboxylic acid groups (broad SMARTS) is 1. The van der Waals surface area contributed by atoms with Gasteiger partial charge >= 0.3 is 12.1 Å². The van der Waals surface area contributed by atoms with Crippen molar-refractivity contribution in [3.8, 4) is 6.07 Å². The zero-order chi connectivity index (χ0) is 25.4. The predicted molar refractivity (Wildman–Crippen MR) is 135 cm³/mol. The Balaban J connectivity index is 1.62. The van der Waals surface area contributed by atoms with Crippen LogP contribution in [0.5, 0.6) is 0 Å². The third-order valence-electron chi connectivity index (χ3n) is 7.73. The molecule has 186 valence electrons. The van der Waals surface area contributed by atoms with Gasteiger partial charge in [-0.1, -0.05) is 12.1 Å². The van der Waals surface area contributed by atoms with Crippen LogP contribution in [0.1, 0.15) is 67.6 Å². The van der Waals surface area contributed by atoms with Gasteiger partial charge in [0.2, 0.25) is 0 Å². The normalized spacial score (nSPS) is 21.6. The van der Waals surface area contributed by atoms with Crippen LogP contribution in [0.2, 0.25) is 0 Å². The van der Waals surface area contributed by atoms with Gasteiger partial charge in [-0.2, -0.15) is 5.26 Å². The quantitative estimate of drug-likeness (QED) is 0.541. The summed E-state index contributed by atoms with van der Waals surface area (Å²) in [4.78, 5) is 31.0. The van der Waals surface area contributed by atoms with Crippen LogP contribution in [0.4, 0.5) is 10.5 Å². The fourth-order valence-corrected chi connectivity index (χ4v) is 5.87. The molecule has 0 saturated heterocycles. The monoisotopic (exact) mass is 486 g/mol. The second kappa shape index (κ2) is 9.65. The average molecular weight is 487 g/mol. The first-order valence-corrected chi connectivity index (χ1v) is 12.5. The Bertz CT molecular complexity index is 1360. The number of aliphatic carboxylic acids is 1. The van der Waals surface area contributed by atoms with Crippen molar-refractivity contribution in [3.63, 3.8) is 0 Å². The zero-order valence-corrected chi connectivity index (χ0v) is 20.6. The number of methoxy groups -OCH3 is 1. The van der Waals surface area contributed by atoms with Gasteiger partial charge in [0.1, 0.15) is 5.82 Å². The van der Waals surface area contributed by atoms with E-state index in [-0.39, 0.29) is 24.1 Å². The van der Waals surface area contributed by atoms with E-state index in [0.717, 1.165) is 59.4 Å². The lowest BCUT2D eigenvalue weighted by molar-refractivity contribution is -0.143. The van der Waals surface area contributed by atoms with Crippen molar-refractivity contribution in [2.24, 2.45) is 5.92 Å². The van der Waals surface area contributed by atoms with Gasteiger partial charge in [0, 0.05) is 24.1 Å². The fraction of sp³-hybridized carbons (Fsp3) is 0.429. The lowest BCUT2D eigenvalue weighted by Crippen LogP contribution is -2.42. The number of ether oxygens (including phenoxy) is 1. The van der Waals surface area contributed by atoms with Crippen molar-refractivity contribution in [3.05, 3.63) is 58.9 Å². The molecule has 1 aromatic heterocycles. The summed E-state index contributed by atoms with van der Waals surface area (Å²) in [5.74, 6) is -0.117. The molecule has 0 bridgehead atoms. The maximum absolute atomic E-state index is 12.6. The number of amides is 1. The molecular formula is C28H30N4O4. The highest BCUT2D eigenvalue weighted by atomic mass is 16.5. The number of hydrogen-bond acceptors (Lipinski definition) is 5. The standard InChI is InChI=1S/C28H30N4O4/c1-17-6-11-22-23(31(17)28(35)36-2)12-13-24-26(22)30-25(15-18-4-3-5-19(14-18)16-29)32(24)21-9-7-20(8-10-21)27(33)34/h3-5,12-14,17,20-21H,6-11,15H2,1-2H3,(H,33,34)/t17-,20?,21?/m0/s1. The summed E-state index contributed by atoms with van der Waals surface area (Å²) >= 11 is 0. The van der Waals surface area contributed by atoms with Gasteiger partial charge in [-0.05, 0) is 75.3 Å². The zero-order valence-electron chi connectivity index (χ0n) is 20.6. The van der Waals surface area contributed by atoms with E-state index in [1.165, 1.54) is 7.11 Å². The number of aromatic nitrogens is 2. The molecule has 36 heavy (non-hydrogen) atoms. The summed E-state index contributed by atoms with van der Waals surface area (Å²) in [6.45, 7) is 2.02. The highest BCUT2D eigenvalue weighted by Gasteiger charge is 2.33. The van der Waals surface area contributed by atoms with E-state index in [0.29, 0.717) is 24.8 Å². The number of aryl methyl sites for hydroxylation is 1. The number of fused-ring (bicyclic) bond motifs is 3. The lowest BCUT2D eigenvalue weighted by Gasteiger charge is -2.34. The van der Waals surface area contributed by atoms with Crippen molar-refractivity contribution in [2.45, 2.75) is 64.0 Å². The SMILES string of the molecule is COC(=O)N1c2ccc3c(nc(Cc4cccc(C#N)c4)n3C3CCC(C(=O)O)CC3)c2CC[C@@H]1C. The molecule has 0 unspecified atom stereocenters. The van der Waals surface area contributed by atoms with Crippen molar-refractivity contribution in [2.75, 3.05) is 12.0 Å². The van der Waals surface area contributed by atoms with Gasteiger partial charge in [-0.15, -0.1) is 0 Å². The van der Waals surface area contributed by atoms with Crippen LogP contribution in [0.25, 0.3) is 11.0 Å². The van der Waals surface area contributed by atoms with E-state index >= 15 is 0 Å². The summed E-state index contributed by atoms with van der Waals surface area (Å²) in [7, 11) is 1.40. The van der Waals surface area contributed by atoms with E-state index in [1.807, 2.05) is 37.3 Å². The number of anilines is 1. The topological polar surface area (TPSA) is 108 Å². The van der Waals surface area contributed by atoms with Crippen LogP contribution >= 0.6 is 0 Å². The lowest BCUT2D eigenvalue weighted by atomic mass is 9.85. The first-order chi connectivity index (χ1) is 17.4. The molecule has 0 radical (unpaired) electrons. The molecule has 1 aliphatic carbocycles. The molecule has 8 nitrogen and oxygen atoms in total. The second-order valence-corrected chi connectivity index (χ2v) is 9.89. The van der Waals surface area contributed by atoms with Gasteiger partial charge in [-0.3, -0.25) is 9.69 Å². The van der Waals surface area contributed by atoms with Crippen LogP contribution in [-0.2, 0) is 22.4 Å². The second-order valence-electron chi connectivity index (χ2n) is 9.89. The number of hydrogen-bond donors (Lipinski definition) is 1. The number of carbonyl (C=O) groups excluding carboxylic acids is 1. The number of nitrogens with zero attached hydrogens (tertiary/aromatic N) is 4. The average Bonchev–Trinajstić information content (AvgIpc) is 3.26. The van der Waals surface area contributed by atoms with E-state index in [1.54, 1.807) is 11.0 Å². The van der Waals surface area contributed by atoms with Crippen LogP contribution in [0.15, 0.2) is 36.4 Å². The van der Waals surface area contributed by atoms with Gasteiger partial charge in [-0.25, -0.2) is 9.78 Å². The van der Waals surface area contributed by atoms with Gasteiger partial charge in [0.05, 0.1) is 41.4 Å². The van der Waals surface area contributed by atoms with Crippen LogP contribution in [0.3, 0.4) is 0 Å².